The lowest BCUT2D eigenvalue weighted by Crippen LogP contribution is -2.26. The molecule has 0 fully saturated rings. The molecule has 3 heteroatoms. The summed E-state index contributed by atoms with van der Waals surface area (Å²) in [6.07, 6.45) is 0.182. The Morgan fingerprint density at radius 3 is 1.89 bits per heavy atom. The van der Waals surface area contributed by atoms with E-state index in [4.69, 9.17) is 4.74 Å². The van der Waals surface area contributed by atoms with E-state index in [0.29, 0.717) is 37.3 Å². The minimum Gasteiger partial charge on any atom is -0.449 e. The van der Waals surface area contributed by atoms with Crippen LogP contribution in [0, 0.1) is 11.8 Å². The minimum atomic E-state index is -0.393. The summed E-state index contributed by atoms with van der Waals surface area (Å²) in [5, 5.41) is 2.88. The van der Waals surface area contributed by atoms with Crippen molar-refractivity contribution < 1.29 is 9.53 Å². The zero-order valence-electron chi connectivity index (χ0n) is 23.0. The molecular formula is C34H39NO2. The third-order valence-electron chi connectivity index (χ3n) is 7.21. The highest BCUT2D eigenvalue weighted by Gasteiger charge is 2.28. The highest BCUT2D eigenvalue weighted by molar-refractivity contribution is 5.79. The van der Waals surface area contributed by atoms with Crippen LogP contribution >= 0.6 is 0 Å². The largest absolute Gasteiger partial charge is 0.449 e. The van der Waals surface area contributed by atoms with Crippen molar-refractivity contribution in [2.75, 3.05) is 13.2 Å². The zero-order valence-corrected chi connectivity index (χ0v) is 23.0. The standard InChI is InChI=1S/C34H39NO2/c1-22(2)25-19-31(23(3)4)30(32(20-25)24(5)6)17-11-12-18-35-34(36)37-21-33-28-15-9-7-13-26(28)27-14-8-10-16-29(27)33/h7-10,13-16,19-20,22-24,33H,12,18,21H2,1-6H3,(H,35,36). The van der Waals surface area contributed by atoms with E-state index in [2.05, 4.69) is 107 Å². The first-order valence-corrected chi connectivity index (χ1v) is 13.5. The number of carbonyl (C=O) groups excluding carboxylic acids is 1. The first-order chi connectivity index (χ1) is 17.8. The van der Waals surface area contributed by atoms with Crippen LogP contribution in [-0.2, 0) is 4.74 Å². The molecule has 0 atom stereocenters. The molecule has 0 saturated carbocycles. The lowest BCUT2D eigenvalue weighted by Gasteiger charge is -2.20. The molecule has 0 aromatic heterocycles. The number of alkyl carbamates (subject to hydrolysis) is 1. The lowest BCUT2D eigenvalue weighted by atomic mass is 9.84. The third kappa shape index (κ3) is 5.91. The first-order valence-electron chi connectivity index (χ1n) is 13.5. The fourth-order valence-electron chi connectivity index (χ4n) is 5.13. The van der Waals surface area contributed by atoms with Gasteiger partial charge in [0.15, 0.2) is 0 Å². The van der Waals surface area contributed by atoms with E-state index in [0.717, 1.165) is 5.56 Å². The summed E-state index contributed by atoms with van der Waals surface area (Å²) in [5.41, 5.74) is 10.0. The monoisotopic (exact) mass is 493 g/mol. The van der Waals surface area contributed by atoms with Crippen molar-refractivity contribution in [2.24, 2.45) is 0 Å². The molecule has 37 heavy (non-hydrogen) atoms. The van der Waals surface area contributed by atoms with Gasteiger partial charge in [0.1, 0.15) is 6.61 Å². The summed E-state index contributed by atoms with van der Waals surface area (Å²) in [6, 6.07) is 21.4. The Labute approximate surface area is 222 Å². The van der Waals surface area contributed by atoms with E-state index in [-0.39, 0.29) is 5.92 Å². The van der Waals surface area contributed by atoms with E-state index < -0.39 is 6.09 Å². The van der Waals surface area contributed by atoms with Crippen LogP contribution in [0.25, 0.3) is 11.1 Å². The van der Waals surface area contributed by atoms with Crippen molar-refractivity contribution in [3.8, 4) is 23.0 Å². The van der Waals surface area contributed by atoms with Gasteiger partial charge in [-0.1, -0.05) is 114 Å². The van der Waals surface area contributed by atoms with Gasteiger partial charge in [0.05, 0.1) is 0 Å². The molecule has 3 nitrogen and oxygen atoms in total. The Morgan fingerprint density at radius 2 is 1.38 bits per heavy atom. The van der Waals surface area contributed by atoms with Crippen LogP contribution in [0.15, 0.2) is 60.7 Å². The van der Waals surface area contributed by atoms with Crippen molar-refractivity contribution in [2.45, 2.75) is 71.6 Å². The summed E-state index contributed by atoms with van der Waals surface area (Å²) in [6.45, 7) is 14.2. The number of rotatable bonds is 7. The molecule has 1 aliphatic rings. The average molecular weight is 494 g/mol. The van der Waals surface area contributed by atoms with Gasteiger partial charge in [-0.2, -0.15) is 0 Å². The summed E-state index contributed by atoms with van der Waals surface area (Å²) in [7, 11) is 0. The van der Waals surface area contributed by atoms with Gasteiger partial charge in [0.25, 0.3) is 0 Å². The maximum absolute atomic E-state index is 12.5. The zero-order chi connectivity index (χ0) is 26.5. The fourth-order valence-corrected chi connectivity index (χ4v) is 5.13. The van der Waals surface area contributed by atoms with Crippen LogP contribution in [0.5, 0.6) is 0 Å². The maximum atomic E-state index is 12.5. The van der Waals surface area contributed by atoms with Gasteiger partial charge >= 0.3 is 6.09 Å². The minimum absolute atomic E-state index is 0.0654. The van der Waals surface area contributed by atoms with E-state index in [1.165, 1.54) is 38.9 Å². The SMILES string of the molecule is CC(C)c1cc(C(C)C)c(C#CCCNC(=O)OCC2c3ccccc3-c3ccccc32)c(C(C)C)c1. The van der Waals surface area contributed by atoms with Crippen LogP contribution in [-0.4, -0.2) is 19.2 Å². The number of benzene rings is 3. The van der Waals surface area contributed by atoms with Gasteiger partial charge in [-0.25, -0.2) is 4.79 Å². The van der Waals surface area contributed by atoms with Gasteiger partial charge < -0.3 is 10.1 Å². The Kier molecular flexibility index (Phi) is 8.39. The van der Waals surface area contributed by atoms with Crippen molar-refractivity contribution in [1.29, 1.82) is 0 Å². The molecule has 4 rings (SSSR count). The quantitative estimate of drug-likeness (QED) is 0.265. The molecule has 0 radical (unpaired) electrons. The van der Waals surface area contributed by atoms with Crippen LogP contribution in [0.2, 0.25) is 0 Å². The number of hydrogen-bond acceptors (Lipinski definition) is 2. The second-order valence-electron chi connectivity index (χ2n) is 10.8. The first kappa shape index (κ1) is 26.6. The molecule has 0 aliphatic heterocycles. The number of hydrogen-bond donors (Lipinski definition) is 1. The van der Waals surface area contributed by atoms with Gasteiger partial charge in [-0.05, 0) is 56.7 Å². The molecule has 0 bridgehead atoms. The van der Waals surface area contributed by atoms with Crippen LogP contribution < -0.4 is 5.32 Å². The molecule has 0 saturated heterocycles. The van der Waals surface area contributed by atoms with Crippen LogP contribution in [0.4, 0.5) is 4.79 Å². The molecule has 192 valence electrons. The van der Waals surface area contributed by atoms with Crippen LogP contribution in [0.1, 0.15) is 105 Å². The lowest BCUT2D eigenvalue weighted by molar-refractivity contribution is 0.143. The average Bonchev–Trinajstić information content (AvgIpc) is 3.20. The van der Waals surface area contributed by atoms with E-state index >= 15 is 0 Å². The van der Waals surface area contributed by atoms with Crippen molar-refractivity contribution in [3.05, 3.63) is 94.0 Å². The van der Waals surface area contributed by atoms with E-state index in [1.54, 1.807) is 0 Å². The molecule has 0 spiro atoms. The number of amides is 1. The second kappa shape index (κ2) is 11.7. The van der Waals surface area contributed by atoms with E-state index in [9.17, 15) is 4.79 Å². The molecule has 1 amide bonds. The predicted molar refractivity (Wildman–Crippen MR) is 153 cm³/mol. The summed E-state index contributed by atoms with van der Waals surface area (Å²) >= 11 is 0. The fraction of sp³-hybridized carbons (Fsp3) is 0.382. The number of nitrogens with one attached hydrogen (secondary N) is 1. The molecule has 1 N–H and O–H groups in total. The topological polar surface area (TPSA) is 38.3 Å². The normalized spacial score (nSPS) is 12.4. The molecular weight excluding hydrogens is 454 g/mol. The van der Waals surface area contributed by atoms with Gasteiger partial charge in [-0.15, -0.1) is 0 Å². The van der Waals surface area contributed by atoms with Crippen molar-refractivity contribution in [3.63, 3.8) is 0 Å². The highest BCUT2D eigenvalue weighted by Crippen LogP contribution is 2.44. The summed E-state index contributed by atoms with van der Waals surface area (Å²) < 4.78 is 5.64. The smallest absolute Gasteiger partial charge is 0.407 e. The number of fused-ring (bicyclic) bond motifs is 3. The highest BCUT2D eigenvalue weighted by atomic mass is 16.5. The third-order valence-corrected chi connectivity index (χ3v) is 7.21. The van der Waals surface area contributed by atoms with Crippen molar-refractivity contribution in [1.82, 2.24) is 5.32 Å². The second-order valence-corrected chi connectivity index (χ2v) is 10.8. The molecule has 0 heterocycles. The molecule has 1 aliphatic carbocycles. The predicted octanol–water partition coefficient (Wildman–Crippen LogP) is 8.34. The Balaban J connectivity index is 1.37. The molecule has 3 aromatic carbocycles. The Bertz CT molecular complexity index is 1250. The van der Waals surface area contributed by atoms with Crippen LogP contribution in [0.3, 0.4) is 0 Å². The van der Waals surface area contributed by atoms with E-state index in [1.807, 2.05) is 12.1 Å². The van der Waals surface area contributed by atoms with Gasteiger partial charge in [0, 0.05) is 24.4 Å². The number of carbonyl (C=O) groups is 1. The Hall–Kier alpha value is -3.51. The molecule has 3 aromatic rings. The maximum Gasteiger partial charge on any atom is 0.407 e. The summed E-state index contributed by atoms with van der Waals surface area (Å²) in [4.78, 5) is 12.5. The Morgan fingerprint density at radius 1 is 0.838 bits per heavy atom. The number of ether oxygens (including phenoxy) is 1. The van der Waals surface area contributed by atoms with Gasteiger partial charge in [-0.3, -0.25) is 0 Å². The van der Waals surface area contributed by atoms with Crippen molar-refractivity contribution >= 4 is 6.09 Å². The molecule has 0 unspecified atom stereocenters. The summed E-state index contributed by atoms with van der Waals surface area (Å²) in [5.74, 6) is 8.09. The van der Waals surface area contributed by atoms with Gasteiger partial charge in [0.2, 0.25) is 0 Å².